The van der Waals surface area contributed by atoms with Crippen molar-refractivity contribution in [1.82, 2.24) is 4.57 Å². The van der Waals surface area contributed by atoms with Gasteiger partial charge in [0.1, 0.15) is 0 Å². The van der Waals surface area contributed by atoms with Gasteiger partial charge >= 0.3 is 0 Å². The highest BCUT2D eigenvalue weighted by Crippen LogP contribution is 2.45. The van der Waals surface area contributed by atoms with Crippen LogP contribution in [-0.4, -0.2) is 10.3 Å². The Morgan fingerprint density at radius 3 is 1.82 bits per heavy atom. The van der Waals surface area contributed by atoms with Crippen LogP contribution in [0.25, 0.3) is 65.6 Å². The number of para-hydroxylation sites is 1. The first-order valence-electron chi connectivity index (χ1n) is 16.8. The molecule has 49 heavy (non-hydrogen) atoms. The highest BCUT2D eigenvalue weighted by molar-refractivity contribution is 6.30. The Hall–Kier alpha value is -6.45. The molecule has 1 aliphatic heterocycles. The molecule has 3 heteroatoms. The van der Waals surface area contributed by atoms with Crippen LogP contribution in [0.3, 0.4) is 0 Å². The molecule has 1 unspecified atom stereocenters. The molecule has 8 aromatic carbocycles. The number of hydrogen-bond acceptors (Lipinski definition) is 2. The zero-order valence-corrected chi connectivity index (χ0v) is 26.7. The maximum atomic E-state index is 5.57. The quantitative estimate of drug-likeness (QED) is 0.207. The van der Waals surface area contributed by atoms with Crippen LogP contribution in [0.1, 0.15) is 17.4 Å². The first-order chi connectivity index (χ1) is 24.3. The number of aliphatic imine (C=N–C) groups is 1. The number of benzene rings is 8. The summed E-state index contributed by atoms with van der Waals surface area (Å²) in [7, 11) is 0. The zero-order valence-electron chi connectivity index (χ0n) is 26.7. The van der Waals surface area contributed by atoms with Crippen molar-refractivity contribution >= 4 is 54.7 Å². The second-order valence-electron chi connectivity index (χ2n) is 12.8. The molecule has 1 aliphatic rings. The number of anilines is 1. The summed E-state index contributed by atoms with van der Waals surface area (Å²) in [5, 5.41) is 11.3. The second-order valence-corrected chi connectivity index (χ2v) is 12.8. The monoisotopic (exact) mass is 625 g/mol. The van der Waals surface area contributed by atoms with Gasteiger partial charge in [0, 0.05) is 27.6 Å². The van der Waals surface area contributed by atoms with Gasteiger partial charge in [-0.1, -0.05) is 158 Å². The first-order valence-corrected chi connectivity index (χ1v) is 16.8. The van der Waals surface area contributed by atoms with Gasteiger partial charge in [0.25, 0.3) is 0 Å². The number of nitrogens with one attached hydrogen (secondary N) is 1. The molecular weight excluding hydrogens is 595 g/mol. The molecule has 2 heterocycles. The van der Waals surface area contributed by atoms with Crippen LogP contribution in [0.5, 0.6) is 0 Å². The Morgan fingerprint density at radius 2 is 1.02 bits per heavy atom. The summed E-state index contributed by atoms with van der Waals surface area (Å²) < 4.78 is 2.42. The van der Waals surface area contributed by atoms with Crippen molar-refractivity contribution in [3.63, 3.8) is 0 Å². The number of hydrogen-bond donors (Lipinski definition) is 1. The van der Waals surface area contributed by atoms with Crippen LogP contribution in [0.2, 0.25) is 0 Å². The van der Waals surface area contributed by atoms with E-state index in [1.165, 1.54) is 54.6 Å². The van der Waals surface area contributed by atoms with Gasteiger partial charge in [-0.25, -0.2) is 4.99 Å². The maximum Gasteiger partial charge on any atom is 0.201 e. The van der Waals surface area contributed by atoms with Gasteiger partial charge in [-0.05, 0) is 62.0 Å². The Bertz CT molecular complexity index is 2720. The summed E-state index contributed by atoms with van der Waals surface area (Å²) in [5.41, 5.74) is 11.4. The van der Waals surface area contributed by atoms with E-state index >= 15 is 0 Å². The van der Waals surface area contributed by atoms with Gasteiger partial charge < -0.3 is 9.88 Å². The molecule has 0 bridgehead atoms. The molecule has 1 N–H and O–H groups in total. The van der Waals surface area contributed by atoms with E-state index in [2.05, 4.69) is 186 Å². The zero-order chi connectivity index (χ0) is 32.3. The van der Waals surface area contributed by atoms with E-state index in [1.807, 2.05) is 0 Å². The largest absolute Gasteiger partial charge is 0.346 e. The van der Waals surface area contributed by atoms with E-state index in [9.17, 15) is 0 Å². The topological polar surface area (TPSA) is 29.3 Å². The molecule has 3 nitrogen and oxygen atoms in total. The van der Waals surface area contributed by atoms with Crippen molar-refractivity contribution in [2.45, 2.75) is 6.29 Å². The molecule has 1 atom stereocenters. The average molecular weight is 626 g/mol. The lowest BCUT2D eigenvalue weighted by Crippen LogP contribution is -2.24. The molecule has 0 radical (unpaired) electrons. The first kappa shape index (κ1) is 27.6. The highest BCUT2D eigenvalue weighted by Gasteiger charge is 2.27. The third-order valence-corrected chi connectivity index (χ3v) is 10.0. The minimum absolute atomic E-state index is 0.371. The van der Waals surface area contributed by atoms with Crippen LogP contribution in [-0.2, 0) is 0 Å². The van der Waals surface area contributed by atoms with Crippen LogP contribution in [0.4, 0.5) is 5.69 Å². The van der Waals surface area contributed by atoms with E-state index in [-0.39, 0.29) is 6.29 Å². The van der Waals surface area contributed by atoms with Gasteiger partial charge in [0.15, 0.2) is 0 Å². The van der Waals surface area contributed by atoms with Crippen molar-refractivity contribution in [2.24, 2.45) is 4.99 Å². The third kappa shape index (κ3) is 4.40. The van der Waals surface area contributed by atoms with Gasteiger partial charge in [-0.15, -0.1) is 0 Å². The van der Waals surface area contributed by atoms with Crippen molar-refractivity contribution in [1.29, 1.82) is 0 Å². The highest BCUT2D eigenvalue weighted by atomic mass is 15.3. The molecule has 1 aromatic heterocycles. The molecular formula is C46H31N3. The Morgan fingerprint density at radius 1 is 0.429 bits per heavy atom. The van der Waals surface area contributed by atoms with Gasteiger partial charge in [0.05, 0.1) is 16.7 Å². The van der Waals surface area contributed by atoms with Crippen LogP contribution in [0, 0.1) is 0 Å². The molecule has 10 rings (SSSR count). The number of fused-ring (bicyclic) bond motifs is 8. The van der Waals surface area contributed by atoms with Gasteiger partial charge in [0.2, 0.25) is 6.29 Å². The fraction of sp³-hybridized carbons (Fsp3) is 0.0217. The normalized spacial score (nSPS) is 14.2. The summed E-state index contributed by atoms with van der Waals surface area (Å²) in [6, 6.07) is 63.2. The lowest BCUT2D eigenvalue weighted by atomic mass is 9.94. The summed E-state index contributed by atoms with van der Waals surface area (Å²) in [6.45, 7) is 0. The Balaban J connectivity index is 1.27. The van der Waals surface area contributed by atoms with E-state index in [1.54, 1.807) is 0 Å². The van der Waals surface area contributed by atoms with Gasteiger partial charge in [-0.2, -0.15) is 0 Å². The Labute approximate surface area is 284 Å². The molecule has 0 aliphatic carbocycles. The van der Waals surface area contributed by atoms with E-state index in [0.29, 0.717) is 0 Å². The van der Waals surface area contributed by atoms with E-state index < -0.39 is 0 Å². The fourth-order valence-electron chi connectivity index (χ4n) is 7.77. The molecule has 0 saturated heterocycles. The SMILES string of the molecule is c1ccc(-c2ccc(C3=NC(n4c5ccc6ccccc6c5c5c6ccccc6c(-c6ccccc6)cc54)Nc4ccccc43)cc2)cc1. The third-order valence-electron chi connectivity index (χ3n) is 10.0. The molecule has 0 fully saturated rings. The minimum atomic E-state index is -0.371. The Kier molecular flexibility index (Phi) is 6.25. The predicted molar refractivity (Wildman–Crippen MR) is 207 cm³/mol. The molecule has 0 amide bonds. The maximum absolute atomic E-state index is 5.57. The van der Waals surface area contributed by atoms with Crippen LogP contribution in [0.15, 0.2) is 181 Å². The predicted octanol–water partition coefficient (Wildman–Crippen LogP) is 11.9. The van der Waals surface area contributed by atoms with Crippen LogP contribution < -0.4 is 5.32 Å². The summed E-state index contributed by atoms with van der Waals surface area (Å²) in [5.74, 6) is 0. The number of rotatable bonds is 4. The van der Waals surface area contributed by atoms with E-state index in [4.69, 9.17) is 4.99 Å². The summed E-state index contributed by atoms with van der Waals surface area (Å²) in [4.78, 5) is 5.57. The van der Waals surface area contributed by atoms with Crippen molar-refractivity contribution in [2.75, 3.05) is 5.32 Å². The van der Waals surface area contributed by atoms with Crippen molar-refractivity contribution in [3.8, 4) is 22.3 Å². The number of aromatic nitrogens is 1. The van der Waals surface area contributed by atoms with E-state index in [0.717, 1.165) is 33.6 Å². The minimum Gasteiger partial charge on any atom is -0.346 e. The lowest BCUT2D eigenvalue weighted by Gasteiger charge is -2.28. The molecule has 9 aromatic rings. The second kappa shape index (κ2) is 11.1. The molecule has 0 saturated carbocycles. The smallest absolute Gasteiger partial charge is 0.201 e. The van der Waals surface area contributed by atoms with Gasteiger partial charge in [-0.3, -0.25) is 0 Å². The average Bonchev–Trinajstić information content (AvgIpc) is 3.53. The molecule has 230 valence electrons. The molecule has 0 spiro atoms. The van der Waals surface area contributed by atoms with Crippen LogP contribution >= 0.6 is 0 Å². The summed E-state index contributed by atoms with van der Waals surface area (Å²) >= 11 is 0. The standard InChI is InChI=1S/C46H31N3/c1-3-13-30(14-4-1)31-23-25-34(26-24-31)45-38-21-11-12-22-40(38)47-46(48-45)49-41-28-27-33-17-7-8-18-35(33)43(41)44-37-20-10-9-19-36(37)39(29-42(44)49)32-15-5-2-6-16-32/h1-29,46-47H. The number of nitrogens with zero attached hydrogens (tertiary/aromatic N) is 2. The fourth-order valence-corrected chi connectivity index (χ4v) is 7.77. The lowest BCUT2D eigenvalue weighted by molar-refractivity contribution is 0.625. The summed E-state index contributed by atoms with van der Waals surface area (Å²) in [6.07, 6.45) is -0.371. The van der Waals surface area contributed by atoms with Crippen molar-refractivity contribution < 1.29 is 0 Å². The van der Waals surface area contributed by atoms with Crippen molar-refractivity contribution in [3.05, 3.63) is 187 Å².